The van der Waals surface area contributed by atoms with Gasteiger partial charge in [0, 0.05) is 31.2 Å². The lowest BCUT2D eigenvalue weighted by Crippen LogP contribution is -2.43. The van der Waals surface area contributed by atoms with Crippen LogP contribution in [0.4, 0.5) is 0 Å². The molecule has 9 nitrogen and oxygen atoms in total. The first-order chi connectivity index (χ1) is 17.2. The van der Waals surface area contributed by atoms with Gasteiger partial charge in [-0.3, -0.25) is 14.4 Å². The van der Waals surface area contributed by atoms with Gasteiger partial charge in [-0.25, -0.2) is 4.98 Å². The number of pyridine rings is 1. The highest BCUT2D eigenvalue weighted by atomic mass is 16.6. The maximum atomic E-state index is 13.1. The average Bonchev–Trinajstić information content (AvgIpc) is 3.36. The summed E-state index contributed by atoms with van der Waals surface area (Å²) in [5, 5.41) is 10.3. The first-order valence-corrected chi connectivity index (χ1v) is 12.9. The molecular formula is C27H39NO8. The SMILES string of the molecule is COc1ccnc(C(=O)C[C@H]2COCC[C@H](CC3CCCC3)[C@@H](OC(=O)C(C)C)[C@H](C)OC2=O)c1O. The summed E-state index contributed by atoms with van der Waals surface area (Å²) in [6, 6.07) is 1.44. The minimum Gasteiger partial charge on any atom is -0.503 e. The number of aromatic hydroxyl groups is 1. The van der Waals surface area contributed by atoms with Gasteiger partial charge in [-0.15, -0.1) is 0 Å². The third kappa shape index (κ3) is 7.18. The van der Waals surface area contributed by atoms with Crippen molar-refractivity contribution in [2.24, 2.45) is 23.7 Å². The normalized spacial score (nSPS) is 25.9. The minimum absolute atomic E-state index is 0.00855. The van der Waals surface area contributed by atoms with Crippen LogP contribution < -0.4 is 4.74 Å². The van der Waals surface area contributed by atoms with Crippen LogP contribution in [0.3, 0.4) is 0 Å². The van der Waals surface area contributed by atoms with E-state index in [0.717, 1.165) is 19.3 Å². The minimum atomic E-state index is -0.889. The van der Waals surface area contributed by atoms with Crippen LogP contribution in [0.15, 0.2) is 12.3 Å². The van der Waals surface area contributed by atoms with Crippen molar-refractivity contribution < 1.29 is 38.4 Å². The fourth-order valence-corrected chi connectivity index (χ4v) is 5.08. The zero-order chi connectivity index (χ0) is 26.2. The van der Waals surface area contributed by atoms with Crippen LogP contribution in [0, 0.1) is 23.7 Å². The quantitative estimate of drug-likeness (QED) is 0.411. The van der Waals surface area contributed by atoms with Gasteiger partial charge in [-0.05, 0) is 25.7 Å². The van der Waals surface area contributed by atoms with Gasteiger partial charge in [0.25, 0.3) is 0 Å². The van der Waals surface area contributed by atoms with Gasteiger partial charge in [0.1, 0.15) is 12.2 Å². The first-order valence-electron chi connectivity index (χ1n) is 12.9. The molecule has 2 fully saturated rings. The lowest BCUT2D eigenvalue weighted by atomic mass is 9.85. The fourth-order valence-electron chi connectivity index (χ4n) is 5.08. The maximum absolute atomic E-state index is 13.1. The van der Waals surface area contributed by atoms with E-state index >= 15 is 0 Å². The Morgan fingerprint density at radius 1 is 1.22 bits per heavy atom. The second kappa shape index (κ2) is 13.0. The van der Waals surface area contributed by atoms with Gasteiger partial charge >= 0.3 is 11.9 Å². The standard InChI is InChI=1S/C27H39NO8/c1-16(2)26(31)36-25-17(3)35-27(32)20(14-21(29)23-24(30)22(33-4)9-11-28-23)15-34-12-10-19(25)13-18-7-5-6-8-18/h9,11,16-20,25,30H,5-8,10,12-15H2,1-4H3/t17-,19+,20-,25-/m0/s1. The molecule has 3 rings (SSSR count). The largest absolute Gasteiger partial charge is 0.503 e. The number of ether oxygens (including phenoxy) is 4. The van der Waals surface area contributed by atoms with E-state index in [9.17, 15) is 19.5 Å². The lowest BCUT2D eigenvalue weighted by molar-refractivity contribution is -0.180. The van der Waals surface area contributed by atoms with Gasteiger partial charge in [-0.2, -0.15) is 0 Å². The predicted octanol–water partition coefficient (Wildman–Crippen LogP) is 4.10. The van der Waals surface area contributed by atoms with E-state index in [2.05, 4.69) is 4.98 Å². The molecule has 0 radical (unpaired) electrons. The van der Waals surface area contributed by atoms with E-state index in [1.807, 2.05) is 0 Å². The average molecular weight is 506 g/mol. The van der Waals surface area contributed by atoms with Crippen LogP contribution >= 0.6 is 0 Å². The molecule has 200 valence electrons. The number of methoxy groups -OCH3 is 1. The van der Waals surface area contributed by atoms with Gasteiger partial charge in [0.05, 0.1) is 25.6 Å². The van der Waals surface area contributed by atoms with Crippen LogP contribution in [0.2, 0.25) is 0 Å². The number of nitrogens with zero attached hydrogens (tertiary/aromatic N) is 1. The molecule has 1 aliphatic heterocycles. The third-order valence-electron chi connectivity index (χ3n) is 7.15. The van der Waals surface area contributed by atoms with Crippen molar-refractivity contribution in [2.75, 3.05) is 20.3 Å². The number of aromatic nitrogens is 1. The Labute approximate surface area is 212 Å². The van der Waals surface area contributed by atoms with Crippen LogP contribution in [-0.4, -0.2) is 60.3 Å². The number of carbonyl (C=O) groups is 3. The molecule has 1 aromatic rings. The van der Waals surface area contributed by atoms with Gasteiger partial charge in [-0.1, -0.05) is 39.5 Å². The number of rotatable bonds is 8. The van der Waals surface area contributed by atoms with Gasteiger partial charge in [0.2, 0.25) is 0 Å². The molecule has 0 unspecified atom stereocenters. The van der Waals surface area contributed by atoms with Crippen molar-refractivity contribution >= 4 is 17.7 Å². The summed E-state index contributed by atoms with van der Waals surface area (Å²) in [5.41, 5.74) is -0.173. The fraction of sp³-hybridized carbons (Fsp3) is 0.704. The molecule has 1 saturated heterocycles. The first kappa shape index (κ1) is 27.9. The Bertz CT molecular complexity index is 911. The van der Waals surface area contributed by atoms with E-state index in [-0.39, 0.29) is 48.0 Å². The van der Waals surface area contributed by atoms with Crippen molar-refractivity contribution in [3.63, 3.8) is 0 Å². The Balaban J connectivity index is 1.76. The Morgan fingerprint density at radius 3 is 2.61 bits per heavy atom. The van der Waals surface area contributed by atoms with Crippen LogP contribution in [0.5, 0.6) is 11.5 Å². The van der Waals surface area contributed by atoms with Crippen molar-refractivity contribution in [3.8, 4) is 11.5 Å². The molecule has 9 heteroatoms. The summed E-state index contributed by atoms with van der Waals surface area (Å²) in [5.74, 6) is -2.33. The highest BCUT2D eigenvalue weighted by molar-refractivity contribution is 5.99. The smallest absolute Gasteiger partial charge is 0.312 e. The molecule has 4 atom stereocenters. The summed E-state index contributed by atoms with van der Waals surface area (Å²) in [6.45, 7) is 5.68. The molecule has 2 aliphatic rings. The summed E-state index contributed by atoms with van der Waals surface area (Å²) in [6.07, 6.45) is 6.13. The highest BCUT2D eigenvalue weighted by Crippen LogP contribution is 2.35. The number of carbonyl (C=O) groups excluding carboxylic acids is 3. The molecule has 1 aromatic heterocycles. The highest BCUT2D eigenvalue weighted by Gasteiger charge is 2.38. The van der Waals surface area contributed by atoms with Crippen molar-refractivity contribution in [1.29, 1.82) is 0 Å². The van der Waals surface area contributed by atoms with Crippen molar-refractivity contribution in [1.82, 2.24) is 4.98 Å². The summed E-state index contributed by atoms with van der Waals surface area (Å²) >= 11 is 0. The second-order valence-electron chi connectivity index (χ2n) is 10.2. The van der Waals surface area contributed by atoms with Gasteiger partial charge < -0.3 is 24.1 Å². The summed E-state index contributed by atoms with van der Waals surface area (Å²) < 4.78 is 22.6. The molecule has 0 amide bonds. The molecule has 1 N–H and O–H groups in total. The van der Waals surface area contributed by atoms with Crippen LogP contribution in [0.1, 0.15) is 76.2 Å². The van der Waals surface area contributed by atoms with E-state index in [1.54, 1.807) is 20.8 Å². The van der Waals surface area contributed by atoms with E-state index in [1.165, 1.54) is 32.2 Å². The Hall–Kier alpha value is -2.68. The summed E-state index contributed by atoms with van der Waals surface area (Å²) in [4.78, 5) is 42.5. The predicted molar refractivity (Wildman–Crippen MR) is 131 cm³/mol. The zero-order valence-corrected chi connectivity index (χ0v) is 21.7. The monoisotopic (exact) mass is 505 g/mol. The number of hydrogen-bond donors (Lipinski definition) is 1. The lowest BCUT2D eigenvalue weighted by Gasteiger charge is -2.34. The molecule has 2 heterocycles. The van der Waals surface area contributed by atoms with E-state index < -0.39 is 29.9 Å². The molecule has 36 heavy (non-hydrogen) atoms. The van der Waals surface area contributed by atoms with E-state index in [0.29, 0.717) is 18.9 Å². The maximum Gasteiger partial charge on any atom is 0.312 e. The summed E-state index contributed by atoms with van der Waals surface area (Å²) in [7, 11) is 1.37. The molecular weight excluding hydrogens is 466 g/mol. The number of esters is 2. The number of hydrogen-bond acceptors (Lipinski definition) is 9. The molecule has 0 spiro atoms. The Kier molecular flexibility index (Phi) is 10.1. The third-order valence-corrected chi connectivity index (χ3v) is 7.15. The van der Waals surface area contributed by atoms with Crippen LogP contribution in [-0.2, 0) is 23.8 Å². The molecule has 1 saturated carbocycles. The zero-order valence-electron chi connectivity index (χ0n) is 21.7. The van der Waals surface area contributed by atoms with E-state index in [4.69, 9.17) is 18.9 Å². The molecule has 1 aliphatic carbocycles. The second-order valence-corrected chi connectivity index (χ2v) is 10.2. The Morgan fingerprint density at radius 2 is 1.94 bits per heavy atom. The number of cyclic esters (lactones) is 1. The molecule has 0 aromatic carbocycles. The molecule has 0 bridgehead atoms. The number of ketones is 1. The van der Waals surface area contributed by atoms with Crippen LogP contribution in [0.25, 0.3) is 0 Å². The van der Waals surface area contributed by atoms with Crippen molar-refractivity contribution in [3.05, 3.63) is 18.0 Å². The van der Waals surface area contributed by atoms with Gasteiger partial charge in [0.15, 0.2) is 23.0 Å². The topological polar surface area (TPSA) is 121 Å². The number of Topliss-reactive ketones (excluding diaryl/α,β-unsaturated/α-hetero) is 1. The van der Waals surface area contributed by atoms with Crippen molar-refractivity contribution in [2.45, 2.75) is 77.9 Å².